The molecule has 0 saturated carbocycles. The van der Waals surface area contributed by atoms with Gasteiger partial charge in [0.15, 0.2) is 0 Å². The van der Waals surface area contributed by atoms with Crippen molar-refractivity contribution in [3.63, 3.8) is 0 Å². The Balaban J connectivity index is 2.44. The monoisotopic (exact) mass is 269 g/mol. The number of ether oxygens (including phenoxy) is 1. The molecule has 1 aromatic carbocycles. The summed E-state index contributed by atoms with van der Waals surface area (Å²) < 4.78 is 5.88. The fourth-order valence-corrected chi connectivity index (χ4v) is 1.96. The molecule has 0 aliphatic carbocycles. The second kappa shape index (κ2) is 8.52. The lowest BCUT2D eigenvalue weighted by molar-refractivity contribution is 0.0374. The average molecular weight is 270 g/mol. The van der Waals surface area contributed by atoms with Gasteiger partial charge in [0, 0.05) is 24.1 Å². The SMILES string of the molecule is CCCCCO[C@@H](Cc1ccc(Cl)cc1)[C@@H](C)N. The van der Waals surface area contributed by atoms with Gasteiger partial charge in [-0.3, -0.25) is 0 Å². The predicted octanol–water partition coefficient (Wildman–Crippen LogP) is 3.81. The molecule has 0 aromatic heterocycles. The van der Waals surface area contributed by atoms with E-state index in [1.165, 1.54) is 18.4 Å². The molecule has 2 nitrogen and oxygen atoms in total. The van der Waals surface area contributed by atoms with E-state index in [1.807, 2.05) is 31.2 Å². The van der Waals surface area contributed by atoms with Crippen LogP contribution in [-0.4, -0.2) is 18.8 Å². The first-order chi connectivity index (χ1) is 8.63. The minimum atomic E-state index is 0.0438. The third-order valence-corrected chi connectivity index (χ3v) is 3.27. The Morgan fingerprint density at radius 1 is 1.22 bits per heavy atom. The summed E-state index contributed by atoms with van der Waals surface area (Å²) in [6.07, 6.45) is 4.47. The Morgan fingerprint density at radius 3 is 2.44 bits per heavy atom. The van der Waals surface area contributed by atoms with Gasteiger partial charge in [-0.05, 0) is 31.0 Å². The Kier molecular flexibility index (Phi) is 7.33. The molecule has 0 spiro atoms. The topological polar surface area (TPSA) is 35.2 Å². The third kappa shape index (κ3) is 5.85. The summed E-state index contributed by atoms with van der Waals surface area (Å²) in [4.78, 5) is 0. The molecule has 1 aromatic rings. The van der Waals surface area contributed by atoms with Crippen molar-refractivity contribution in [3.8, 4) is 0 Å². The lowest BCUT2D eigenvalue weighted by Gasteiger charge is -2.21. The fraction of sp³-hybridized carbons (Fsp3) is 0.600. The minimum Gasteiger partial charge on any atom is -0.376 e. The highest BCUT2D eigenvalue weighted by Gasteiger charge is 2.14. The smallest absolute Gasteiger partial charge is 0.0763 e. The molecule has 0 fully saturated rings. The molecule has 2 atom stereocenters. The van der Waals surface area contributed by atoms with E-state index >= 15 is 0 Å². The Bertz CT molecular complexity index is 324. The Labute approximate surface area is 115 Å². The maximum atomic E-state index is 5.98. The Morgan fingerprint density at radius 2 is 1.89 bits per heavy atom. The van der Waals surface area contributed by atoms with Gasteiger partial charge in [0.05, 0.1) is 6.10 Å². The lowest BCUT2D eigenvalue weighted by atomic mass is 10.0. The van der Waals surface area contributed by atoms with Crippen LogP contribution >= 0.6 is 11.6 Å². The van der Waals surface area contributed by atoms with Gasteiger partial charge >= 0.3 is 0 Å². The summed E-state index contributed by atoms with van der Waals surface area (Å²) in [6, 6.07) is 7.93. The summed E-state index contributed by atoms with van der Waals surface area (Å²) in [5.74, 6) is 0. The number of rotatable bonds is 8. The Hall–Kier alpha value is -0.570. The predicted molar refractivity (Wildman–Crippen MR) is 78.1 cm³/mol. The maximum Gasteiger partial charge on any atom is 0.0763 e. The molecule has 0 bridgehead atoms. The van der Waals surface area contributed by atoms with Crippen molar-refractivity contribution in [2.75, 3.05) is 6.61 Å². The van der Waals surface area contributed by atoms with E-state index in [-0.39, 0.29) is 12.1 Å². The van der Waals surface area contributed by atoms with Crippen molar-refractivity contribution in [2.45, 2.75) is 51.7 Å². The molecular formula is C15H24ClNO. The van der Waals surface area contributed by atoms with Gasteiger partial charge in [0.25, 0.3) is 0 Å². The molecular weight excluding hydrogens is 246 g/mol. The average Bonchev–Trinajstić information content (AvgIpc) is 2.35. The zero-order valence-electron chi connectivity index (χ0n) is 11.4. The standard InChI is InChI=1S/C15H24ClNO/c1-3-4-5-10-18-15(12(2)17)11-13-6-8-14(16)9-7-13/h6-9,12,15H,3-5,10-11,17H2,1-2H3/t12-,15+/m1/s1. The molecule has 0 amide bonds. The van der Waals surface area contributed by atoms with Crippen LogP contribution in [0.5, 0.6) is 0 Å². The van der Waals surface area contributed by atoms with Crippen LogP contribution in [0.1, 0.15) is 38.7 Å². The quantitative estimate of drug-likeness (QED) is 0.729. The number of benzene rings is 1. The normalized spacial score (nSPS) is 14.4. The van der Waals surface area contributed by atoms with Gasteiger partial charge in [-0.25, -0.2) is 0 Å². The highest BCUT2D eigenvalue weighted by atomic mass is 35.5. The van der Waals surface area contributed by atoms with Gasteiger partial charge in [-0.15, -0.1) is 0 Å². The van der Waals surface area contributed by atoms with Crippen molar-refractivity contribution in [1.29, 1.82) is 0 Å². The fourth-order valence-electron chi connectivity index (χ4n) is 1.84. The van der Waals surface area contributed by atoms with Crippen LogP contribution in [0, 0.1) is 0 Å². The van der Waals surface area contributed by atoms with Crippen molar-refractivity contribution in [2.24, 2.45) is 5.73 Å². The molecule has 0 saturated heterocycles. The van der Waals surface area contributed by atoms with Crippen LogP contribution in [0.2, 0.25) is 5.02 Å². The van der Waals surface area contributed by atoms with Crippen LogP contribution < -0.4 is 5.73 Å². The van der Waals surface area contributed by atoms with Crippen molar-refractivity contribution >= 4 is 11.6 Å². The van der Waals surface area contributed by atoms with E-state index in [1.54, 1.807) is 0 Å². The van der Waals surface area contributed by atoms with Gasteiger partial charge in [0.2, 0.25) is 0 Å². The van der Waals surface area contributed by atoms with Crippen molar-refractivity contribution in [1.82, 2.24) is 0 Å². The van der Waals surface area contributed by atoms with E-state index in [0.717, 1.165) is 24.5 Å². The number of unbranched alkanes of at least 4 members (excludes halogenated alkanes) is 2. The van der Waals surface area contributed by atoms with Crippen molar-refractivity contribution < 1.29 is 4.74 Å². The number of hydrogen-bond acceptors (Lipinski definition) is 2. The summed E-state index contributed by atoms with van der Waals surface area (Å²) in [5, 5.41) is 0.764. The van der Waals surface area contributed by atoms with Crippen LogP contribution in [-0.2, 0) is 11.2 Å². The molecule has 0 heterocycles. The number of halogens is 1. The summed E-state index contributed by atoms with van der Waals surface area (Å²) in [7, 11) is 0. The van der Waals surface area contributed by atoms with E-state index in [0.29, 0.717) is 0 Å². The minimum absolute atomic E-state index is 0.0438. The molecule has 0 radical (unpaired) electrons. The van der Waals surface area contributed by atoms with Crippen LogP contribution in [0.25, 0.3) is 0 Å². The van der Waals surface area contributed by atoms with Crippen LogP contribution in [0.4, 0.5) is 0 Å². The zero-order valence-corrected chi connectivity index (χ0v) is 12.1. The lowest BCUT2D eigenvalue weighted by Crippen LogP contribution is -2.36. The number of hydrogen-bond donors (Lipinski definition) is 1. The van der Waals surface area contributed by atoms with Gasteiger partial charge in [-0.2, -0.15) is 0 Å². The van der Waals surface area contributed by atoms with Crippen LogP contribution in [0.15, 0.2) is 24.3 Å². The highest BCUT2D eigenvalue weighted by Crippen LogP contribution is 2.13. The first-order valence-electron chi connectivity index (χ1n) is 6.75. The molecule has 102 valence electrons. The van der Waals surface area contributed by atoms with E-state index in [4.69, 9.17) is 22.1 Å². The first kappa shape index (κ1) is 15.5. The molecule has 0 aliphatic heterocycles. The summed E-state index contributed by atoms with van der Waals surface area (Å²) >= 11 is 5.87. The molecule has 0 unspecified atom stereocenters. The largest absolute Gasteiger partial charge is 0.376 e. The molecule has 0 aliphatic rings. The second-order valence-electron chi connectivity index (χ2n) is 4.81. The van der Waals surface area contributed by atoms with Gasteiger partial charge in [-0.1, -0.05) is 43.5 Å². The van der Waals surface area contributed by atoms with Gasteiger partial charge in [0.1, 0.15) is 0 Å². The first-order valence-corrected chi connectivity index (χ1v) is 7.13. The van der Waals surface area contributed by atoms with Crippen LogP contribution in [0.3, 0.4) is 0 Å². The second-order valence-corrected chi connectivity index (χ2v) is 5.24. The highest BCUT2D eigenvalue weighted by molar-refractivity contribution is 6.30. The summed E-state index contributed by atoms with van der Waals surface area (Å²) in [6.45, 7) is 4.99. The van der Waals surface area contributed by atoms with Crippen molar-refractivity contribution in [3.05, 3.63) is 34.9 Å². The number of nitrogens with two attached hydrogens (primary N) is 1. The zero-order chi connectivity index (χ0) is 13.4. The van der Waals surface area contributed by atoms with E-state index in [2.05, 4.69) is 6.92 Å². The van der Waals surface area contributed by atoms with E-state index < -0.39 is 0 Å². The van der Waals surface area contributed by atoms with Gasteiger partial charge < -0.3 is 10.5 Å². The van der Waals surface area contributed by atoms with E-state index in [9.17, 15) is 0 Å². The molecule has 1 rings (SSSR count). The third-order valence-electron chi connectivity index (χ3n) is 3.02. The molecule has 18 heavy (non-hydrogen) atoms. The molecule has 2 N–H and O–H groups in total. The summed E-state index contributed by atoms with van der Waals surface area (Å²) in [5.41, 5.74) is 7.20. The molecule has 3 heteroatoms. The maximum absolute atomic E-state index is 5.98.